The van der Waals surface area contributed by atoms with Crippen molar-refractivity contribution < 1.29 is 24.0 Å². The van der Waals surface area contributed by atoms with Crippen LogP contribution in [0.4, 0.5) is 11.4 Å². The number of Topliss-reactive ketones (excluding diaryl/α,β-unsaturated/α-hetero) is 1. The summed E-state index contributed by atoms with van der Waals surface area (Å²) in [5.74, 6) is -1.18. The van der Waals surface area contributed by atoms with E-state index in [4.69, 9.17) is 9.47 Å². The second-order valence-electron chi connectivity index (χ2n) is 6.18. The molecule has 0 spiro atoms. The summed E-state index contributed by atoms with van der Waals surface area (Å²) in [6.45, 7) is 4.15. The molecular formula is C20H22N2O6. The highest BCUT2D eigenvalue weighted by atomic mass is 16.6. The molecule has 0 fully saturated rings. The lowest BCUT2D eigenvalue weighted by atomic mass is 10.1. The fraction of sp³-hybridized carbons (Fsp3) is 0.300. The zero-order valence-corrected chi connectivity index (χ0v) is 15.9. The number of hydrogen-bond donors (Lipinski definition) is 1. The van der Waals surface area contributed by atoms with Crippen molar-refractivity contribution in [2.45, 2.75) is 20.0 Å². The summed E-state index contributed by atoms with van der Waals surface area (Å²) in [6.07, 6.45) is -1.04. The van der Waals surface area contributed by atoms with E-state index < -0.39 is 17.0 Å². The van der Waals surface area contributed by atoms with Gasteiger partial charge in [0.05, 0.1) is 17.1 Å². The third kappa shape index (κ3) is 5.37. The summed E-state index contributed by atoms with van der Waals surface area (Å²) in [4.78, 5) is 35.5. The summed E-state index contributed by atoms with van der Waals surface area (Å²) in [5.41, 5.74) is 1.52. The molecule has 0 heterocycles. The van der Waals surface area contributed by atoms with E-state index in [-0.39, 0.29) is 17.0 Å². The highest BCUT2D eigenvalue weighted by molar-refractivity contribution is 6.02. The lowest BCUT2D eigenvalue weighted by Gasteiger charge is -2.15. The van der Waals surface area contributed by atoms with Crippen LogP contribution in [0.25, 0.3) is 0 Å². The molecule has 1 atom stereocenters. The first kappa shape index (κ1) is 21.0. The number of hydrogen-bond acceptors (Lipinski definition) is 7. The second kappa shape index (κ2) is 9.61. The Morgan fingerprint density at radius 3 is 2.46 bits per heavy atom. The number of nitrogens with zero attached hydrogens (tertiary/aromatic N) is 1. The van der Waals surface area contributed by atoms with E-state index >= 15 is 0 Å². The maximum absolute atomic E-state index is 12.6. The van der Waals surface area contributed by atoms with Crippen molar-refractivity contribution in [1.82, 2.24) is 0 Å². The van der Waals surface area contributed by atoms with Crippen LogP contribution in [0.2, 0.25) is 0 Å². The van der Waals surface area contributed by atoms with Gasteiger partial charge in [0.15, 0.2) is 6.10 Å². The molecule has 0 aliphatic rings. The van der Waals surface area contributed by atoms with E-state index in [0.29, 0.717) is 24.4 Å². The van der Waals surface area contributed by atoms with Gasteiger partial charge in [-0.3, -0.25) is 14.9 Å². The number of ether oxygens (including phenoxy) is 2. The van der Waals surface area contributed by atoms with Gasteiger partial charge in [-0.25, -0.2) is 4.79 Å². The summed E-state index contributed by atoms with van der Waals surface area (Å²) < 4.78 is 10.2. The molecule has 1 N–H and O–H groups in total. The van der Waals surface area contributed by atoms with Gasteiger partial charge in [-0.2, -0.15) is 0 Å². The first-order valence-electron chi connectivity index (χ1n) is 8.66. The number of esters is 1. The Bertz CT molecular complexity index is 863. The molecule has 28 heavy (non-hydrogen) atoms. The van der Waals surface area contributed by atoms with Crippen LogP contribution >= 0.6 is 0 Å². The minimum absolute atomic E-state index is 0.0196. The van der Waals surface area contributed by atoms with Crippen molar-refractivity contribution in [3.63, 3.8) is 0 Å². The van der Waals surface area contributed by atoms with Crippen LogP contribution < -0.4 is 5.32 Å². The van der Waals surface area contributed by atoms with Gasteiger partial charge in [0.2, 0.25) is 5.78 Å². The zero-order chi connectivity index (χ0) is 20.7. The smallest absolute Gasteiger partial charge is 0.341 e. The molecule has 0 unspecified atom stereocenters. The van der Waals surface area contributed by atoms with Gasteiger partial charge >= 0.3 is 5.97 Å². The van der Waals surface area contributed by atoms with E-state index in [9.17, 15) is 19.7 Å². The number of non-ortho nitro benzene ring substituents is 1. The normalized spacial score (nSPS) is 11.5. The van der Waals surface area contributed by atoms with Crippen LogP contribution in [-0.2, 0) is 9.47 Å². The second-order valence-corrected chi connectivity index (χ2v) is 6.18. The molecule has 2 aromatic rings. The third-order valence-corrected chi connectivity index (χ3v) is 4.04. The molecule has 0 aliphatic carbocycles. The van der Waals surface area contributed by atoms with Crippen LogP contribution in [-0.4, -0.2) is 43.0 Å². The molecule has 2 aromatic carbocycles. The molecule has 148 valence electrons. The monoisotopic (exact) mass is 386 g/mol. The Hall–Kier alpha value is -3.26. The number of nitro benzene ring substituents is 1. The Balaban J connectivity index is 2.20. The molecule has 8 heteroatoms. The van der Waals surface area contributed by atoms with Crippen molar-refractivity contribution in [3.8, 4) is 0 Å². The summed E-state index contributed by atoms with van der Waals surface area (Å²) >= 11 is 0. The van der Waals surface area contributed by atoms with Gasteiger partial charge in [-0.15, -0.1) is 0 Å². The van der Waals surface area contributed by atoms with Gasteiger partial charge in [0.1, 0.15) is 0 Å². The Morgan fingerprint density at radius 1 is 1.18 bits per heavy atom. The maximum Gasteiger partial charge on any atom is 0.341 e. The number of carbonyl (C=O) groups excluding carboxylic acids is 2. The fourth-order valence-electron chi connectivity index (χ4n) is 2.49. The first-order valence-corrected chi connectivity index (χ1v) is 8.66. The standard InChI is InChI=1S/C20H22N2O6/c1-13-4-6-15(7-5-13)19(23)14(2)28-20(24)17-12-16(22(25)26)8-9-18(17)21-10-11-27-3/h4-9,12,14,21H,10-11H2,1-3H3/t14-/m1/s1. The molecule has 2 rings (SSSR count). The summed E-state index contributed by atoms with van der Waals surface area (Å²) in [7, 11) is 1.53. The molecule has 0 aliphatic heterocycles. The van der Waals surface area contributed by atoms with Crippen LogP contribution in [0, 0.1) is 17.0 Å². The Morgan fingerprint density at radius 2 is 1.86 bits per heavy atom. The van der Waals surface area contributed by atoms with E-state index in [1.165, 1.54) is 26.2 Å². The fourth-order valence-corrected chi connectivity index (χ4v) is 2.49. The Labute approximate surface area is 162 Å². The molecule has 0 radical (unpaired) electrons. The molecule has 0 saturated carbocycles. The van der Waals surface area contributed by atoms with Crippen LogP contribution in [0.3, 0.4) is 0 Å². The molecule has 0 saturated heterocycles. The average molecular weight is 386 g/mol. The number of anilines is 1. The van der Waals surface area contributed by atoms with Gasteiger partial charge < -0.3 is 14.8 Å². The minimum atomic E-state index is -1.04. The van der Waals surface area contributed by atoms with Gasteiger partial charge in [0.25, 0.3) is 5.69 Å². The van der Waals surface area contributed by atoms with Gasteiger partial charge in [-0.05, 0) is 19.9 Å². The van der Waals surface area contributed by atoms with Gasteiger partial charge in [0, 0.05) is 37.0 Å². The van der Waals surface area contributed by atoms with Crippen molar-refractivity contribution in [1.29, 1.82) is 0 Å². The number of carbonyl (C=O) groups is 2. The molecule has 0 amide bonds. The first-order chi connectivity index (χ1) is 13.3. The van der Waals surface area contributed by atoms with Crippen molar-refractivity contribution in [3.05, 3.63) is 69.3 Å². The maximum atomic E-state index is 12.6. The zero-order valence-electron chi connectivity index (χ0n) is 15.9. The quantitative estimate of drug-likeness (QED) is 0.231. The van der Waals surface area contributed by atoms with Gasteiger partial charge in [-0.1, -0.05) is 29.8 Å². The average Bonchev–Trinajstić information content (AvgIpc) is 2.68. The minimum Gasteiger partial charge on any atom is -0.451 e. The number of benzene rings is 2. The topological polar surface area (TPSA) is 108 Å². The van der Waals surface area contributed by atoms with Crippen molar-refractivity contribution in [2.24, 2.45) is 0 Å². The summed E-state index contributed by atoms with van der Waals surface area (Å²) in [6, 6.07) is 10.7. The van der Waals surface area contributed by atoms with Crippen molar-refractivity contribution in [2.75, 3.05) is 25.6 Å². The van der Waals surface area contributed by atoms with Crippen molar-refractivity contribution >= 4 is 23.1 Å². The third-order valence-electron chi connectivity index (χ3n) is 4.04. The van der Waals surface area contributed by atoms with E-state index in [2.05, 4.69) is 5.32 Å². The van der Waals surface area contributed by atoms with Crippen LogP contribution in [0.15, 0.2) is 42.5 Å². The predicted molar refractivity (Wildman–Crippen MR) is 104 cm³/mol. The highest BCUT2D eigenvalue weighted by Crippen LogP contribution is 2.24. The Kier molecular flexibility index (Phi) is 7.22. The number of nitro groups is 1. The van der Waals surface area contributed by atoms with Crippen LogP contribution in [0.1, 0.15) is 33.2 Å². The van der Waals surface area contributed by atoms with Crippen LogP contribution in [0.5, 0.6) is 0 Å². The molecular weight excluding hydrogens is 364 g/mol. The molecule has 8 nitrogen and oxygen atoms in total. The number of rotatable bonds is 9. The highest BCUT2D eigenvalue weighted by Gasteiger charge is 2.24. The number of methoxy groups -OCH3 is 1. The number of aryl methyl sites for hydroxylation is 1. The number of ketones is 1. The number of nitrogens with one attached hydrogen (secondary N) is 1. The van der Waals surface area contributed by atoms with E-state index in [1.54, 1.807) is 24.3 Å². The molecule has 0 bridgehead atoms. The largest absolute Gasteiger partial charge is 0.451 e. The SMILES string of the molecule is COCCNc1ccc([N+](=O)[O-])cc1C(=O)O[C@H](C)C(=O)c1ccc(C)cc1. The predicted octanol–water partition coefficient (Wildman–Crippen LogP) is 3.39. The summed E-state index contributed by atoms with van der Waals surface area (Å²) in [5, 5.41) is 14.0. The van der Waals surface area contributed by atoms with E-state index in [1.807, 2.05) is 6.92 Å². The lowest BCUT2D eigenvalue weighted by Crippen LogP contribution is -2.25. The van der Waals surface area contributed by atoms with E-state index in [0.717, 1.165) is 11.6 Å². The molecule has 0 aromatic heterocycles. The lowest BCUT2D eigenvalue weighted by molar-refractivity contribution is -0.384.